The van der Waals surface area contributed by atoms with E-state index in [1.807, 2.05) is 11.8 Å². The van der Waals surface area contributed by atoms with E-state index in [2.05, 4.69) is 10.3 Å². The minimum absolute atomic E-state index is 0.0583. The van der Waals surface area contributed by atoms with Gasteiger partial charge in [-0.05, 0) is 62.2 Å². The number of carboxylic acid groups (broad SMARTS) is 1. The van der Waals surface area contributed by atoms with Gasteiger partial charge in [-0.2, -0.15) is 11.8 Å². The van der Waals surface area contributed by atoms with Crippen molar-refractivity contribution in [3.8, 4) is 0 Å². The molecule has 0 atom stereocenters. The van der Waals surface area contributed by atoms with Gasteiger partial charge in [-0.3, -0.25) is 13.9 Å². The topological polar surface area (TPSA) is 106 Å². The third kappa shape index (κ3) is 3.55. The molecule has 0 spiro atoms. The van der Waals surface area contributed by atoms with E-state index in [0.29, 0.717) is 36.7 Å². The SMILES string of the molecule is O=C(O)NC1CCC(n2c(=O)c3cccnc3n(C3CCSCC3)c2=O)CC1. The Morgan fingerprint density at radius 1 is 1.07 bits per heavy atom. The van der Waals surface area contributed by atoms with Gasteiger partial charge in [-0.15, -0.1) is 0 Å². The van der Waals surface area contributed by atoms with Crippen molar-refractivity contribution < 1.29 is 9.90 Å². The van der Waals surface area contributed by atoms with Crippen molar-refractivity contribution in [2.24, 2.45) is 0 Å². The van der Waals surface area contributed by atoms with Gasteiger partial charge in [-0.25, -0.2) is 14.6 Å². The first-order valence-corrected chi connectivity index (χ1v) is 10.9. The summed E-state index contributed by atoms with van der Waals surface area (Å²) in [5.74, 6) is 1.99. The fourth-order valence-electron chi connectivity index (χ4n) is 4.43. The summed E-state index contributed by atoms with van der Waals surface area (Å²) in [5.41, 5.74) is -0.0844. The van der Waals surface area contributed by atoms with Crippen LogP contribution in [0.2, 0.25) is 0 Å². The van der Waals surface area contributed by atoms with Crippen LogP contribution in [-0.2, 0) is 0 Å². The van der Waals surface area contributed by atoms with Crippen molar-refractivity contribution in [3.63, 3.8) is 0 Å². The molecule has 2 fully saturated rings. The standard InChI is InChI=1S/C19H24N4O4S/c24-17-15-2-1-9-20-16(15)22(14-7-10-28-11-8-14)19(27)23(17)13-5-3-12(4-6-13)21-18(25)26/h1-2,9,12-14,21H,3-8,10-11H2,(H,25,26). The predicted molar refractivity (Wildman–Crippen MR) is 108 cm³/mol. The Morgan fingerprint density at radius 2 is 1.75 bits per heavy atom. The van der Waals surface area contributed by atoms with Gasteiger partial charge in [0.25, 0.3) is 5.56 Å². The van der Waals surface area contributed by atoms with Crippen molar-refractivity contribution in [2.45, 2.75) is 56.7 Å². The monoisotopic (exact) mass is 404 g/mol. The number of thioether (sulfide) groups is 1. The highest BCUT2D eigenvalue weighted by atomic mass is 32.2. The minimum Gasteiger partial charge on any atom is -0.465 e. The number of aromatic nitrogens is 3. The van der Waals surface area contributed by atoms with Crippen molar-refractivity contribution >= 4 is 28.9 Å². The number of nitrogens with zero attached hydrogens (tertiary/aromatic N) is 3. The van der Waals surface area contributed by atoms with E-state index in [9.17, 15) is 14.4 Å². The van der Waals surface area contributed by atoms with E-state index < -0.39 is 6.09 Å². The molecule has 1 saturated heterocycles. The van der Waals surface area contributed by atoms with Gasteiger partial charge in [-0.1, -0.05) is 0 Å². The highest BCUT2D eigenvalue weighted by molar-refractivity contribution is 7.99. The lowest BCUT2D eigenvalue weighted by atomic mass is 9.91. The van der Waals surface area contributed by atoms with Crippen LogP contribution in [0.25, 0.3) is 11.0 Å². The van der Waals surface area contributed by atoms with Crippen LogP contribution in [0.5, 0.6) is 0 Å². The number of carbonyl (C=O) groups is 1. The average Bonchev–Trinajstić information content (AvgIpc) is 2.70. The smallest absolute Gasteiger partial charge is 0.404 e. The van der Waals surface area contributed by atoms with E-state index in [0.717, 1.165) is 24.3 Å². The number of amides is 1. The molecule has 0 unspecified atom stereocenters. The molecule has 0 bridgehead atoms. The van der Waals surface area contributed by atoms with Crippen molar-refractivity contribution in [3.05, 3.63) is 39.2 Å². The summed E-state index contributed by atoms with van der Waals surface area (Å²) in [6, 6.07) is 3.20. The van der Waals surface area contributed by atoms with Crippen LogP contribution in [0.15, 0.2) is 27.9 Å². The first-order chi connectivity index (χ1) is 13.6. The number of pyridine rings is 1. The highest BCUT2D eigenvalue weighted by Crippen LogP contribution is 2.29. The summed E-state index contributed by atoms with van der Waals surface area (Å²) < 4.78 is 3.14. The van der Waals surface area contributed by atoms with E-state index in [1.54, 1.807) is 22.9 Å². The molecule has 2 aliphatic rings. The lowest BCUT2D eigenvalue weighted by molar-refractivity contribution is 0.182. The Bertz CT molecular complexity index is 988. The van der Waals surface area contributed by atoms with E-state index in [-0.39, 0.29) is 29.4 Å². The molecule has 1 aliphatic carbocycles. The molecule has 2 aromatic rings. The zero-order valence-corrected chi connectivity index (χ0v) is 16.4. The molecule has 2 N–H and O–H groups in total. The number of fused-ring (bicyclic) bond motifs is 1. The lowest BCUT2D eigenvalue weighted by Crippen LogP contribution is -2.46. The van der Waals surface area contributed by atoms with Gasteiger partial charge < -0.3 is 10.4 Å². The number of hydrogen-bond acceptors (Lipinski definition) is 5. The quantitative estimate of drug-likeness (QED) is 0.814. The fraction of sp³-hybridized carbons (Fsp3) is 0.579. The first-order valence-electron chi connectivity index (χ1n) is 9.75. The molecule has 0 radical (unpaired) electrons. The second-order valence-corrected chi connectivity index (χ2v) is 8.73. The van der Waals surface area contributed by atoms with Gasteiger partial charge in [0.15, 0.2) is 0 Å². The molecule has 1 amide bonds. The molecule has 9 heteroatoms. The average molecular weight is 404 g/mol. The van der Waals surface area contributed by atoms with Crippen molar-refractivity contribution in [1.82, 2.24) is 19.4 Å². The predicted octanol–water partition coefficient (Wildman–Crippen LogP) is 2.38. The van der Waals surface area contributed by atoms with Crippen LogP contribution in [0.1, 0.15) is 50.6 Å². The molecule has 3 heterocycles. The number of hydrogen-bond donors (Lipinski definition) is 2. The summed E-state index contributed by atoms with van der Waals surface area (Å²) in [6.07, 6.45) is 4.83. The highest BCUT2D eigenvalue weighted by Gasteiger charge is 2.29. The summed E-state index contributed by atoms with van der Waals surface area (Å²) in [5, 5.41) is 11.9. The Labute approximate surface area is 166 Å². The van der Waals surface area contributed by atoms with Gasteiger partial charge in [0, 0.05) is 24.3 Å². The van der Waals surface area contributed by atoms with Crippen molar-refractivity contribution in [1.29, 1.82) is 0 Å². The molecule has 2 aromatic heterocycles. The summed E-state index contributed by atoms with van der Waals surface area (Å²) in [7, 11) is 0. The maximum absolute atomic E-state index is 13.4. The van der Waals surface area contributed by atoms with E-state index in [1.165, 1.54) is 4.57 Å². The third-order valence-corrected chi connectivity index (χ3v) is 6.87. The van der Waals surface area contributed by atoms with Crippen LogP contribution in [0, 0.1) is 0 Å². The van der Waals surface area contributed by atoms with Crippen LogP contribution in [0.3, 0.4) is 0 Å². The Hall–Kier alpha value is -2.29. The van der Waals surface area contributed by atoms with Gasteiger partial charge in [0.05, 0.1) is 5.39 Å². The second kappa shape index (κ2) is 7.98. The van der Waals surface area contributed by atoms with Gasteiger partial charge in [0.2, 0.25) is 0 Å². The third-order valence-electron chi connectivity index (χ3n) is 5.82. The molecular weight excluding hydrogens is 380 g/mol. The zero-order chi connectivity index (χ0) is 19.7. The normalized spacial score (nSPS) is 23.6. The molecule has 150 valence electrons. The number of rotatable bonds is 3. The lowest BCUT2D eigenvalue weighted by Gasteiger charge is -2.31. The molecule has 0 aromatic carbocycles. The molecular formula is C19H24N4O4S. The van der Waals surface area contributed by atoms with E-state index >= 15 is 0 Å². The minimum atomic E-state index is -1.03. The fourth-order valence-corrected chi connectivity index (χ4v) is 5.51. The van der Waals surface area contributed by atoms with Gasteiger partial charge >= 0.3 is 11.8 Å². The largest absolute Gasteiger partial charge is 0.465 e. The zero-order valence-electron chi connectivity index (χ0n) is 15.5. The van der Waals surface area contributed by atoms with E-state index in [4.69, 9.17) is 5.11 Å². The molecule has 1 saturated carbocycles. The van der Waals surface area contributed by atoms with Crippen LogP contribution in [-0.4, -0.2) is 42.9 Å². The summed E-state index contributed by atoms with van der Waals surface area (Å²) >= 11 is 1.89. The Morgan fingerprint density at radius 3 is 2.43 bits per heavy atom. The maximum atomic E-state index is 13.4. The first kappa shape index (κ1) is 19.0. The van der Waals surface area contributed by atoms with Crippen LogP contribution < -0.4 is 16.6 Å². The Kier molecular flexibility index (Phi) is 5.43. The Balaban J connectivity index is 1.76. The molecule has 8 nitrogen and oxygen atoms in total. The maximum Gasteiger partial charge on any atom is 0.404 e. The summed E-state index contributed by atoms with van der Waals surface area (Å²) in [6.45, 7) is 0. The second-order valence-electron chi connectivity index (χ2n) is 7.50. The van der Waals surface area contributed by atoms with Crippen LogP contribution >= 0.6 is 11.8 Å². The summed E-state index contributed by atoms with van der Waals surface area (Å²) in [4.78, 5) is 41.8. The van der Waals surface area contributed by atoms with Gasteiger partial charge in [0.1, 0.15) is 5.65 Å². The van der Waals surface area contributed by atoms with Crippen molar-refractivity contribution in [2.75, 3.05) is 11.5 Å². The number of nitrogens with one attached hydrogen (secondary N) is 1. The molecule has 28 heavy (non-hydrogen) atoms. The molecule has 4 rings (SSSR count). The molecule has 1 aliphatic heterocycles. The van der Waals surface area contributed by atoms with Crippen LogP contribution in [0.4, 0.5) is 4.79 Å².